The van der Waals surface area contributed by atoms with Crippen LogP contribution in [0.2, 0.25) is 0 Å². The Morgan fingerprint density at radius 2 is 1.21 bits per heavy atom. The van der Waals surface area contributed by atoms with Gasteiger partial charge in [0.05, 0.1) is 0 Å². The average molecular weight is 858 g/mol. The molecule has 0 saturated carbocycles. The largest absolute Gasteiger partial charge is 0.455 e. The van der Waals surface area contributed by atoms with Gasteiger partial charge in [-0.1, -0.05) is 129 Å². The molecule has 0 saturated heterocycles. The van der Waals surface area contributed by atoms with Crippen LogP contribution in [0.5, 0.6) is 0 Å². The lowest BCUT2D eigenvalue weighted by atomic mass is 9.81. The van der Waals surface area contributed by atoms with Crippen molar-refractivity contribution >= 4 is 103 Å². The summed E-state index contributed by atoms with van der Waals surface area (Å²) in [6.07, 6.45) is 9.40. The molecule has 0 aliphatic heterocycles. The molecular weight excluding hydrogens is 819 g/mol. The molecule has 0 spiro atoms. The summed E-state index contributed by atoms with van der Waals surface area (Å²) >= 11 is 1.94. The van der Waals surface area contributed by atoms with Crippen LogP contribution >= 0.6 is 11.3 Å². The minimum Gasteiger partial charge on any atom is -0.455 e. The number of fused-ring (bicyclic) bond motifs is 16. The van der Waals surface area contributed by atoms with Crippen LogP contribution in [0.4, 0.5) is 0 Å². The molecular formula is C63H39NOS. The summed E-state index contributed by atoms with van der Waals surface area (Å²) in [5, 5.41) is 15.3. The molecule has 15 rings (SSSR count). The van der Waals surface area contributed by atoms with Gasteiger partial charge in [0.2, 0.25) is 0 Å². The Morgan fingerprint density at radius 3 is 2.11 bits per heavy atom. The predicted molar refractivity (Wildman–Crippen MR) is 281 cm³/mol. The first-order valence-corrected chi connectivity index (χ1v) is 23.8. The highest BCUT2D eigenvalue weighted by molar-refractivity contribution is 7.26. The van der Waals surface area contributed by atoms with Gasteiger partial charge in [0.25, 0.3) is 0 Å². The van der Waals surface area contributed by atoms with Crippen LogP contribution in [-0.2, 0) is 11.8 Å². The van der Waals surface area contributed by atoms with Crippen LogP contribution in [0.25, 0.3) is 136 Å². The Hall–Kier alpha value is -7.85. The van der Waals surface area contributed by atoms with Gasteiger partial charge in [-0.15, -0.1) is 11.3 Å². The van der Waals surface area contributed by atoms with Crippen molar-refractivity contribution in [3.63, 3.8) is 0 Å². The molecule has 0 bridgehead atoms. The third-order valence-corrected chi connectivity index (χ3v) is 16.3. The van der Waals surface area contributed by atoms with Gasteiger partial charge in [0.1, 0.15) is 11.2 Å². The van der Waals surface area contributed by atoms with Crippen molar-refractivity contribution in [1.29, 1.82) is 0 Å². The number of furan rings is 1. The van der Waals surface area contributed by atoms with Crippen LogP contribution in [-0.4, -0.2) is 4.98 Å². The monoisotopic (exact) mass is 857 g/mol. The first-order valence-electron chi connectivity index (χ1n) is 23.0. The zero-order valence-electron chi connectivity index (χ0n) is 36.4. The average Bonchev–Trinajstić information content (AvgIpc) is 4.00. The van der Waals surface area contributed by atoms with E-state index in [0.717, 1.165) is 45.0 Å². The minimum absolute atomic E-state index is 0.0719. The summed E-state index contributed by atoms with van der Waals surface area (Å²) in [4.78, 5) is 4.56. The summed E-state index contributed by atoms with van der Waals surface area (Å²) < 4.78 is 9.53. The molecule has 0 N–H and O–H groups in total. The molecule has 0 radical (unpaired) electrons. The molecule has 3 heteroatoms. The maximum atomic E-state index is 6.82. The standard InChI is InChI=1S/C63H39NOS/c1-63(2)56-18-6-5-16-45(56)46-23-20-38(31-57(46)63)36-21-24-58-52(27-36)54-30-41(29-48(61(54)65-58)40-13-9-25-64-34-40)37-19-22-44-49(26-37)42-14-3-4-15-43(42)50-32-53-55-28-39-12-7-10-35-11-8-17-47(60(35)39)62(55)66-59(53)33-51(44)50/h3-9,11-34H,10H2,1-2H3. The molecule has 13 aromatic rings. The molecule has 66 heavy (non-hydrogen) atoms. The number of nitrogens with zero attached hydrogens (tertiary/aromatic N) is 1. The normalized spacial score (nSPS) is 13.9. The molecule has 2 nitrogen and oxygen atoms in total. The Labute approximate surface area is 384 Å². The van der Waals surface area contributed by atoms with Crippen molar-refractivity contribution < 1.29 is 4.42 Å². The maximum absolute atomic E-state index is 6.82. The minimum atomic E-state index is -0.0719. The van der Waals surface area contributed by atoms with E-state index in [2.05, 4.69) is 189 Å². The van der Waals surface area contributed by atoms with Crippen LogP contribution in [0.1, 0.15) is 36.1 Å². The van der Waals surface area contributed by atoms with Crippen LogP contribution in [0.15, 0.2) is 187 Å². The molecule has 308 valence electrons. The van der Waals surface area contributed by atoms with Gasteiger partial charge in [-0.3, -0.25) is 4.98 Å². The number of allylic oxidation sites excluding steroid dienone is 1. The number of aromatic nitrogens is 1. The number of hydrogen-bond donors (Lipinski definition) is 0. The number of thiophene rings is 1. The molecule has 0 unspecified atom stereocenters. The highest BCUT2D eigenvalue weighted by atomic mass is 32.1. The lowest BCUT2D eigenvalue weighted by Crippen LogP contribution is -2.14. The van der Waals surface area contributed by atoms with Gasteiger partial charge < -0.3 is 4.42 Å². The lowest BCUT2D eigenvalue weighted by Gasteiger charge is -2.22. The van der Waals surface area contributed by atoms with E-state index in [1.165, 1.54) is 113 Å². The predicted octanol–water partition coefficient (Wildman–Crippen LogP) is 17.8. The zero-order chi connectivity index (χ0) is 43.4. The van der Waals surface area contributed by atoms with E-state index in [4.69, 9.17) is 4.42 Å². The highest BCUT2D eigenvalue weighted by Crippen LogP contribution is 2.51. The Kier molecular flexibility index (Phi) is 7.26. The fourth-order valence-corrected chi connectivity index (χ4v) is 13.1. The van der Waals surface area contributed by atoms with Gasteiger partial charge >= 0.3 is 0 Å². The van der Waals surface area contributed by atoms with Crippen molar-refractivity contribution in [2.24, 2.45) is 0 Å². The van der Waals surface area contributed by atoms with E-state index in [1.807, 2.05) is 29.8 Å². The van der Waals surface area contributed by atoms with Crippen molar-refractivity contribution in [1.82, 2.24) is 4.98 Å². The van der Waals surface area contributed by atoms with Gasteiger partial charge in [-0.2, -0.15) is 0 Å². The van der Waals surface area contributed by atoms with E-state index in [0.29, 0.717) is 0 Å². The van der Waals surface area contributed by atoms with Crippen molar-refractivity contribution in [3.8, 4) is 44.5 Å². The van der Waals surface area contributed by atoms with Gasteiger partial charge in [-0.25, -0.2) is 0 Å². The zero-order valence-corrected chi connectivity index (χ0v) is 37.2. The third-order valence-electron chi connectivity index (χ3n) is 15.1. The molecule has 2 aliphatic carbocycles. The first kappa shape index (κ1) is 36.5. The topological polar surface area (TPSA) is 26.0 Å². The molecule has 3 aromatic heterocycles. The van der Waals surface area contributed by atoms with E-state index in [1.54, 1.807) is 0 Å². The molecule has 2 aliphatic rings. The number of pyridine rings is 1. The number of benzene rings is 10. The van der Waals surface area contributed by atoms with E-state index < -0.39 is 0 Å². The fraction of sp³-hybridized carbons (Fsp3) is 0.0635. The second kappa shape index (κ2) is 13.1. The van der Waals surface area contributed by atoms with E-state index >= 15 is 0 Å². The SMILES string of the molecule is CC1(C)c2ccccc2-c2ccc(-c3ccc4oc5c(-c6cccnc6)cc(-c6ccc7c(c6)c6ccccc6c6cc8c(cc76)sc6c7cccc9c7c(cc86)C=CC9)cc5c4c3)cc21. The molecule has 0 amide bonds. The van der Waals surface area contributed by atoms with Gasteiger partial charge in [0, 0.05) is 65.3 Å². The summed E-state index contributed by atoms with van der Waals surface area (Å²) in [5.41, 5.74) is 16.6. The maximum Gasteiger partial charge on any atom is 0.143 e. The Morgan fingerprint density at radius 1 is 0.485 bits per heavy atom. The second-order valence-electron chi connectivity index (χ2n) is 19.0. The Balaban J connectivity index is 0.931. The molecule has 0 fully saturated rings. The lowest BCUT2D eigenvalue weighted by molar-refractivity contribution is 0.660. The van der Waals surface area contributed by atoms with Crippen LogP contribution in [0, 0.1) is 0 Å². The first-order chi connectivity index (χ1) is 32.4. The van der Waals surface area contributed by atoms with Crippen molar-refractivity contribution in [2.75, 3.05) is 0 Å². The second-order valence-corrected chi connectivity index (χ2v) is 20.0. The number of rotatable bonds is 3. The third kappa shape index (κ3) is 4.98. The molecule has 0 atom stereocenters. The quantitative estimate of drug-likeness (QED) is 0.165. The summed E-state index contributed by atoms with van der Waals surface area (Å²) in [5.74, 6) is 0. The number of hydrogen-bond acceptors (Lipinski definition) is 3. The highest BCUT2D eigenvalue weighted by Gasteiger charge is 2.35. The van der Waals surface area contributed by atoms with Gasteiger partial charge in [0.15, 0.2) is 0 Å². The summed E-state index contributed by atoms with van der Waals surface area (Å²) in [6, 6.07) is 61.6. The van der Waals surface area contributed by atoms with Gasteiger partial charge in [-0.05, 0) is 160 Å². The van der Waals surface area contributed by atoms with Crippen molar-refractivity contribution in [2.45, 2.75) is 25.7 Å². The molecule has 10 aromatic carbocycles. The van der Waals surface area contributed by atoms with E-state index in [-0.39, 0.29) is 5.41 Å². The smallest absolute Gasteiger partial charge is 0.143 e. The fourth-order valence-electron chi connectivity index (χ4n) is 11.9. The summed E-state index contributed by atoms with van der Waals surface area (Å²) in [7, 11) is 0. The van der Waals surface area contributed by atoms with E-state index in [9.17, 15) is 0 Å². The van der Waals surface area contributed by atoms with Crippen LogP contribution in [0.3, 0.4) is 0 Å². The van der Waals surface area contributed by atoms with Crippen LogP contribution < -0.4 is 0 Å². The summed E-state index contributed by atoms with van der Waals surface area (Å²) in [6.45, 7) is 4.70. The Bertz CT molecular complexity index is 4330. The molecule has 3 heterocycles. The van der Waals surface area contributed by atoms with Crippen molar-refractivity contribution in [3.05, 3.63) is 205 Å².